The van der Waals surface area contributed by atoms with Gasteiger partial charge >= 0.3 is 0 Å². The number of ketones is 1. The molecule has 0 aliphatic rings. The molecular weight excluding hydrogens is 262 g/mol. The standard InChI is InChI=1S/C18H19NO2/c1-3-14-4-6-15(7-5-14)18(20)12-13-19-16-8-10-17(21-2)11-9-16/h4-13,19H,3H2,1-2H3/b13-12+. The lowest BCUT2D eigenvalue weighted by Crippen LogP contribution is -1.96. The Balaban J connectivity index is 1.94. The van der Waals surface area contributed by atoms with E-state index in [4.69, 9.17) is 4.74 Å². The molecule has 0 aromatic heterocycles. The lowest BCUT2D eigenvalue weighted by molar-refractivity contribution is 0.104. The van der Waals surface area contributed by atoms with Crippen molar-refractivity contribution in [3.05, 3.63) is 71.9 Å². The Hall–Kier alpha value is -2.55. The molecule has 0 radical (unpaired) electrons. The van der Waals surface area contributed by atoms with E-state index in [9.17, 15) is 4.79 Å². The number of allylic oxidation sites excluding steroid dienone is 1. The van der Waals surface area contributed by atoms with E-state index in [0.29, 0.717) is 5.56 Å². The van der Waals surface area contributed by atoms with Gasteiger partial charge in [-0.15, -0.1) is 0 Å². The van der Waals surface area contributed by atoms with Gasteiger partial charge in [0.25, 0.3) is 0 Å². The first-order chi connectivity index (χ1) is 10.2. The minimum absolute atomic E-state index is 0.0151. The van der Waals surface area contributed by atoms with Crippen molar-refractivity contribution < 1.29 is 9.53 Å². The smallest absolute Gasteiger partial charge is 0.187 e. The Bertz CT molecular complexity index is 613. The largest absolute Gasteiger partial charge is 0.497 e. The molecule has 2 aromatic carbocycles. The van der Waals surface area contributed by atoms with Crippen LogP contribution in [-0.4, -0.2) is 12.9 Å². The van der Waals surface area contributed by atoms with E-state index in [1.807, 2.05) is 48.5 Å². The molecular formula is C18H19NO2. The van der Waals surface area contributed by atoms with Gasteiger partial charge < -0.3 is 10.1 Å². The number of rotatable bonds is 6. The first-order valence-electron chi connectivity index (χ1n) is 6.93. The molecule has 2 aromatic rings. The van der Waals surface area contributed by atoms with Crippen LogP contribution in [0.5, 0.6) is 5.75 Å². The number of aryl methyl sites for hydroxylation is 1. The minimum Gasteiger partial charge on any atom is -0.497 e. The molecule has 0 heterocycles. The third-order valence-electron chi connectivity index (χ3n) is 3.22. The third-order valence-corrected chi connectivity index (χ3v) is 3.22. The van der Waals surface area contributed by atoms with Crippen molar-refractivity contribution in [2.24, 2.45) is 0 Å². The summed E-state index contributed by atoms with van der Waals surface area (Å²) >= 11 is 0. The second-order valence-electron chi connectivity index (χ2n) is 4.62. The lowest BCUT2D eigenvalue weighted by atomic mass is 10.1. The number of hydrogen-bond acceptors (Lipinski definition) is 3. The van der Waals surface area contributed by atoms with Gasteiger partial charge in [-0.2, -0.15) is 0 Å². The molecule has 0 saturated carbocycles. The topological polar surface area (TPSA) is 38.3 Å². The van der Waals surface area contributed by atoms with E-state index in [1.54, 1.807) is 13.3 Å². The Kier molecular flexibility index (Phi) is 5.16. The van der Waals surface area contributed by atoms with Crippen molar-refractivity contribution in [2.75, 3.05) is 12.4 Å². The molecule has 0 fully saturated rings. The molecule has 0 aliphatic heterocycles. The maximum absolute atomic E-state index is 12.0. The van der Waals surface area contributed by atoms with Crippen molar-refractivity contribution in [1.29, 1.82) is 0 Å². The van der Waals surface area contributed by atoms with Crippen LogP contribution >= 0.6 is 0 Å². The van der Waals surface area contributed by atoms with Crippen molar-refractivity contribution in [1.82, 2.24) is 0 Å². The van der Waals surface area contributed by atoms with Crippen molar-refractivity contribution in [2.45, 2.75) is 13.3 Å². The van der Waals surface area contributed by atoms with Crippen LogP contribution in [0.1, 0.15) is 22.8 Å². The zero-order chi connectivity index (χ0) is 15.1. The zero-order valence-corrected chi connectivity index (χ0v) is 12.3. The van der Waals surface area contributed by atoms with Gasteiger partial charge in [0.05, 0.1) is 7.11 Å². The van der Waals surface area contributed by atoms with E-state index in [2.05, 4.69) is 12.2 Å². The van der Waals surface area contributed by atoms with Gasteiger partial charge in [0.1, 0.15) is 5.75 Å². The molecule has 0 atom stereocenters. The zero-order valence-electron chi connectivity index (χ0n) is 12.3. The second kappa shape index (κ2) is 7.29. The van der Waals surface area contributed by atoms with Crippen molar-refractivity contribution >= 4 is 11.5 Å². The number of carbonyl (C=O) groups is 1. The molecule has 0 aliphatic carbocycles. The van der Waals surface area contributed by atoms with Crippen LogP contribution in [0.3, 0.4) is 0 Å². The number of nitrogens with one attached hydrogen (secondary N) is 1. The van der Waals surface area contributed by atoms with Crippen molar-refractivity contribution in [3.63, 3.8) is 0 Å². The van der Waals surface area contributed by atoms with Gasteiger partial charge in [-0.05, 0) is 36.2 Å². The number of methoxy groups -OCH3 is 1. The summed E-state index contributed by atoms with van der Waals surface area (Å²) in [5.41, 5.74) is 2.83. The fourth-order valence-electron chi connectivity index (χ4n) is 1.90. The number of anilines is 1. The molecule has 0 amide bonds. The first-order valence-corrected chi connectivity index (χ1v) is 6.93. The monoisotopic (exact) mass is 281 g/mol. The molecule has 0 spiro atoms. The number of hydrogen-bond donors (Lipinski definition) is 1. The Morgan fingerprint density at radius 1 is 1.10 bits per heavy atom. The summed E-state index contributed by atoms with van der Waals surface area (Å²) in [6.07, 6.45) is 4.16. The summed E-state index contributed by atoms with van der Waals surface area (Å²) in [6.45, 7) is 2.09. The van der Waals surface area contributed by atoms with E-state index >= 15 is 0 Å². The molecule has 21 heavy (non-hydrogen) atoms. The summed E-state index contributed by atoms with van der Waals surface area (Å²) in [5.74, 6) is 0.787. The van der Waals surface area contributed by atoms with E-state index in [0.717, 1.165) is 17.9 Å². The normalized spacial score (nSPS) is 10.6. The Labute approximate surface area is 125 Å². The summed E-state index contributed by atoms with van der Waals surface area (Å²) in [5, 5.41) is 3.06. The maximum atomic E-state index is 12.0. The molecule has 1 N–H and O–H groups in total. The summed E-state index contributed by atoms with van der Waals surface area (Å²) in [4.78, 5) is 12.0. The molecule has 3 heteroatoms. The molecule has 0 bridgehead atoms. The average Bonchev–Trinajstić information content (AvgIpc) is 2.55. The first kappa shape index (κ1) is 14.9. The predicted octanol–water partition coefficient (Wildman–Crippen LogP) is 4.07. The summed E-state index contributed by atoms with van der Waals surface area (Å²) in [6, 6.07) is 15.2. The van der Waals surface area contributed by atoms with Gasteiger partial charge in [-0.3, -0.25) is 4.79 Å². The lowest BCUT2D eigenvalue weighted by Gasteiger charge is -2.03. The van der Waals surface area contributed by atoms with Crippen LogP contribution in [0.2, 0.25) is 0 Å². The van der Waals surface area contributed by atoms with Gasteiger partial charge in [-0.25, -0.2) is 0 Å². The fraction of sp³-hybridized carbons (Fsp3) is 0.167. The highest BCUT2D eigenvalue weighted by atomic mass is 16.5. The minimum atomic E-state index is -0.0151. The van der Waals surface area contributed by atoms with Crippen LogP contribution in [0.4, 0.5) is 5.69 Å². The molecule has 108 valence electrons. The van der Waals surface area contributed by atoms with Crippen LogP contribution in [0.15, 0.2) is 60.8 Å². The number of carbonyl (C=O) groups excluding carboxylic acids is 1. The maximum Gasteiger partial charge on any atom is 0.187 e. The van der Waals surface area contributed by atoms with E-state index in [-0.39, 0.29) is 5.78 Å². The van der Waals surface area contributed by atoms with Crippen molar-refractivity contribution in [3.8, 4) is 5.75 Å². The number of benzene rings is 2. The van der Waals surface area contributed by atoms with Gasteiger partial charge in [0.15, 0.2) is 5.78 Å². The van der Waals surface area contributed by atoms with Crippen LogP contribution in [0.25, 0.3) is 0 Å². The fourth-order valence-corrected chi connectivity index (χ4v) is 1.90. The Morgan fingerprint density at radius 3 is 2.33 bits per heavy atom. The predicted molar refractivity (Wildman–Crippen MR) is 85.9 cm³/mol. The molecule has 2 rings (SSSR count). The van der Waals surface area contributed by atoms with Gasteiger partial charge in [0, 0.05) is 23.5 Å². The molecule has 0 unspecified atom stereocenters. The summed E-state index contributed by atoms with van der Waals surface area (Å²) in [7, 11) is 1.63. The average molecular weight is 281 g/mol. The van der Waals surface area contributed by atoms with Gasteiger partial charge in [0.2, 0.25) is 0 Å². The second-order valence-corrected chi connectivity index (χ2v) is 4.62. The van der Waals surface area contributed by atoms with Crippen LogP contribution in [0, 0.1) is 0 Å². The highest BCUT2D eigenvalue weighted by Gasteiger charge is 2.00. The highest BCUT2D eigenvalue weighted by molar-refractivity contribution is 6.04. The number of ether oxygens (including phenoxy) is 1. The van der Waals surface area contributed by atoms with Crippen LogP contribution in [-0.2, 0) is 6.42 Å². The SMILES string of the molecule is CCc1ccc(C(=O)/C=C/Nc2ccc(OC)cc2)cc1. The molecule has 3 nitrogen and oxygen atoms in total. The third kappa shape index (κ3) is 4.21. The van der Waals surface area contributed by atoms with E-state index in [1.165, 1.54) is 11.6 Å². The quantitative estimate of drug-likeness (QED) is 0.641. The summed E-state index contributed by atoms with van der Waals surface area (Å²) < 4.78 is 5.09. The van der Waals surface area contributed by atoms with Gasteiger partial charge in [-0.1, -0.05) is 31.2 Å². The Morgan fingerprint density at radius 2 is 1.76 bits per heavy atom. The highest BCUT2D eigenvalue weighted by Crippen LogP contribution is 2.15. The van der Waals surface area contributed by atoms with Crippen LogP contribution < -0.4 is 10.1 Å². The molecule has 0 saturated heterocycles. The van der Waals surface area contributed by atoms with E-state index < -0.39 is 0 Å².